The number of halogens is 1. The van der Waals surface area contributed by atoms with E-state index in [-0.39, 0.29) is 11.2 Å². The number of rotatable bonds is 2. The lowest BCUT2D eigenvalue weighted by atomic mass is 10.3. The van der Waals surface area contributed by atoms with Crippen LogP contribution in [0.15, 0.2) is 26.5 Å². The lowest BCUT2D eigenvalue weighted by molar-refractivity contribution is 0.683. The van der Waals surface area contributed by atoms with Crippen LogP contribution in [0.25, 0.3) is 11.2 Å². The van der Waals surface area contributed by atoms with Crippen molar-refractivity contribution in [2.45, 2.75) is 13.5 Å². The highest BCUT2D eigenvalue weighted by atomic mass is 79.9. The third kappa shape index (κ3) is 1.74. The van der Waals surface area contributed by atoms with E-state index in [1.165, 1.54) is 11.6 Å². The normalized spacial score (nSPS) is 11.1. The number of aromatic nitrogens is 4. The molecule has 96 valence electrons. The smallest absolute Gasteiger partial charge is 0.300 e. The van der Waals surface area contributed by atoms with Crippen LogP contribution in [-0.4, -0.2) is 18.7 Å². The highest BCUT2D eigenvalue weighted by Crippen LogP contribution is 2.17. The van der Waals surface area contributed by atoms with Gasteiger partial charge in [0.05, 0.1) is 0 Å². The van der Waals surface area contributed by atoms with Gasteiger partial charge in [0.25, 0.3) is 5.56 Å². The fourth-order valence-electron chi connectivity index (χ4n) is 1.87. The van der Waals surface area contributed by atoms with Gasteiger partial charge < -0.3 is 4.57 Å². The highest BCUT2D eigenvalue weighted by Gasteiger charge is 2.17. The number of imidazole rings is 1. The molecule has 2 aromatic rings. The van der Waals surface area contributed by atoms with E-state index in [1.807, 2.05) is 6.92 Å². The number of hydrogen-bond acceptors (Lipinski definition) is 3. The average Bonchev–Trinajstić information content (AvgIpc) is 2.61. The molecule has 6 nitrogen and oxygen atoms in total. The van der Waals surface area contributed by atoms with Crippen molar-refractivity contribution in [2.75, 3.05) is 0 Å². The number of hydrogen-bond donors (Lipinski definition) is 0. The first-order chi connectivity index (χ1) is 8.34. The van der Waals surface area contributed by atoms with Gasteiger partial charge in [0.2, 0.25) is 0 Å². The largest absolute Gasteiger partial charge is 0.332 e. The molecule has 0 unspecified atom stereocenters. The molecule has 0 saturated heterocycles. The molecule has 0 aliphatic heterocycles. The van der Waals surface area contributed by atoms with Crippen LogP contribution in [0.5, 0.6) is 0 Å². The van der Waals surface area contributed by atoms with Crippen LogP contribution in [0.1, 0.15) is 6.92 Å². The van der Waals surface area contributed by atoms with Crippen molar-refractivity contribution in [1.82, 2.24) is 18.7 Å². The van der Waals surface area contributed by atoms with Gasteiger partial charge in [-0.05, 0) is 22.9 Å². The van der Waals surface area contributed by atoms with Crippen LogP contribution in [-0.2, 0) is 20.6 Å². The number of fused-ring (bicyclic) bond motifs is 1. The van der Waals surface area contributed by atoms with Gasteiger partial charge in [-0.15, -0.1) is 0 Å². The number of nitrogens with zero attached hydrogens (tertiary/aromatic N) is 4. The van der Waals surface area contributed by atoms with E-state index in [0.29, 0.717) is 16.9 Å². The van der Waals surface area contributed by atoms with Crippen molar-refractivity contribution in [3.05, 3.63) is 37.7 Å². The van der Waals surface area contributed by atoms with Gasteiger partial charge in [-0.3, -0.25) is 13.9 Å². The maximum atomic E-state index is 12.0. The molecular formula is C11H13BrN4O2. The van der Waals surface area contributed by atoms with Gasteiger partial charge in [-0.1, -0.05) is 12.2 Å². The zero-order valence-corrected chi connectivity index (χ0v) is 12.0. The Bertz CT molecular complexity index is 766. The molecule has 0 aliphatic carbocycles. The quantitative estimate of drug-likeness (QED) is 0.608. The van der Waals surface area contributed by atoms with Gasteiger partial charge in [0.15, 0.2) is 15.9 Å². The molecule has 0 fully saturated rings. The van der Waals surface area contributed by atoms with Gasteiger partial charge in [0, 0.05) is 20.6 Å². The van der Waals surface area contributed by atoms with E-state index in [1.54, 1.807) is 11.6 Å². The standard InChI is InChI=1S/C11H13BrN4O2/c1-6(2)5-16-8-7(13-10(16)12)9(17)15(4)11(18)14(8)3/h1,5H2,2-4H3. The molecule has 0 N–H and O–H groups in total. The maximum absolute atomic E-state index is 12.0. The molecule has 2 heterocycles. The van der Waals surface area contributed by atoms with Crippen LogP contribution < -0.4 is 11.2 Å². The van der Waals surface area contributed by atoms with Crippen LogP contribution in [0.2, 0.25) is 0 Å². The molecule has 0 saturated carbocycles. The second kappa shape index (κ2) is 4.24. The molecule has 0 radical (unpaired) electrons. The van der Waals surface area contributed by atoms with Crippen molar-refractivity contribution in [3.63, 3.8) is 0 Å². The van der Waals surface area contributed by atoms with Crippen LogP contribution in [0, 0.1) is 0 Å². The minimum absolute atomic E-state index is 0.271. The van der Waals surface area contributed by atoms with Crippen molar-refractivity contribution in [1.29, 1.82) is 0 Å². The Balaban J connectivity index is 2.99. The predicted molar refractivity (Wildman–Crippen MR) is 72.7 cm³/mol. The molecule has 0 spiro atoms. The Hall–Kier alpha value is -1.63. The van der Waals surface area contributed by atoms with Crippen LogP contribution >= 0.6 is 15.9 Å². The molecular weight excluding hydrogens is 300 g/mol. The molecule has 0 aliphatic rings. The molecule has 0 amide bonds. The zero-order valence-electron chi connectivity index (χ0n) is 10.4. The van der Waals surface area contributed by atoms with E-state index in [0.717, 1.165) is 10.1 Å². The number of aryl methyl sites for hydroxylation is 1. The summed E-state index contributed by atoms with van der Waals surface area (Å²) in [5, 5.41) is 0. The molecule has 0 atom stereocenters. The minimum Gasteiger partial charge on any atom is -0.300 e. The summed E-state index contributed by atoms with van der Waals surface area (Å²) in [6.45, 7) is 6.20. The van der Waals surface area contributed by atoms with E-state index in [2.05, 4.69) is 27.5 Å². The summed E-state index contributed by atoms with van der Waals surface area (Å²) < 4.78 is 4.73. The number of allylic oxidation sites excluding steroid dienone is 1. The Morgan fingerprint density at radius 1 is 1.33 bits per heavy atom. The van der Waals surface area contributed by atoms with E-state index in [4.69, 9.17) is 0 Å². The highest BCUT2D eigenvalue weighted by molar-refractivity contribution is 9.10. The minimum atomic E-state index is -0.394. The third-order valence-electron chi connectivity index (χ3n) is 2.72. The topological polar surface area (TPSA) is 61.8 Å². The fourth-order valence-corrected chi connectivity index (χ4v) is 2.34. The fraction of sp³-hybridized carbons (Fsp3) is 0.364. The van der Waals surface area contributed by atoms with Crippen molar-refractivity contribution < 1.29 is 0 Å². The Kier molecular flexibility index (Phi) is 3.02. The third-order valence-corrected chi connectivity index (χ3v) is 3.33. The summed E-state index contributed by atoms with van der Waals surface area (Å²) in [6.07, 6.45) is 0. The van der Waals surface area contributed by atoms with Gasteiger partial charge in [0.1, 0.15) is 0 Å². The molecule has 7 heteroatoms. The van der Waals surface area contributed by atoms with Crippen molar-refractivity contribution in [3.8, 4) is 0 Å². The summed E-state index contributed by atoms with van der Waals surface area (Å²) in [5.74, 6) is 0. The van der Waals surface area contributed by atoms with Crippen LogP contribution in [0.4, 0.5) is 0 Å². The summed E-state index contributed by atoms with van der Waals surface area (Å²) in [7, 11) is 3.06. The van der Waals surface area contributed by atoms with Crippen molar-refractivity contribution in [2.24, 2.45) is 14.1 Å². The zero-order chi connectivity index (χ0) is 13.6. The van der Waals surface area contributed by atoms with E-state index >= 15 is 0 Å². The maximum Gasteiger partial charge on any atom is 0.332 e. The lowest BCUT2D eigenvalue weighted by Gasteiger charge is -2.09. The molecule has 2 rings (SSSR count). The second-order valence-electron chi connectivity index (χ2n) is 4.30. The summed E-state index contributed by atoms with van der Waals surface area (Å²) in [5.41, 5.74) is 0.908. The molecule has 0 bridgehead atoms. The molecule has 2 aromatic heterocycles. The van der Waals surface area contributed by atoms with Gasteiger partial charge in [-0.25, -0.2) is 9.78 Å². The SMILES string of the molecule is C=C(C)Cn1c(Br)nc2c(=O)n(C)c(=O)n(C)c21. The first-order valence-electron chi connectivity index (χ1n) is 5.30. The second-order valence-corrected chi connectivity index (χ2v) is 5.01. The van der Waals surface area contributed by atoms with E-state index in [9.17, 15) is 9.59 Å². The summed E-state index contributed by atoms with van der Waals surface area (Å²) in [6, 6.07) is 0. The van der Waals surface area contributed by atoms with E-state index < -0.39 is 5.56 Å². The Morgan fingerprint density at radius 2 is 1.94 bits per heavy atom. The lowest BCUT2D eigenvalue weighted by Crippen LogP contribution is -2.37. The monoisotopic (exact) mass is 312 g/mol. The first kappa shape index (κ1) is 12.8. The van der Waals surface area contributed by atoms with Gasteiger partial charge >= 0.3 is 5.69 Å². The Morgan fingerprint density at radius 3 is 2.50 bits per heavy atom. The van der Waals surface area contributed by atoms with Crippen LogP contribution in [0.3, 0.4) is 0 Å². The van der Waals surface area contributed by atoms with Gasteiger partial charge in [-0.2, -0.15) is 0 Å². The van der Waals surface area contributed by atoms with Crippen molar-refractivity contribution >= 4 is 27.1 Å². The summed E-state index contributed by atoms with van der Waals surface area (Å²) in [4.78, 5) is 28.1. The Labute approximate surface area is 111 Å². The average molecular weight is 313 g/mol. The summed E-state index contributed by atoms with van der Waals surface area (Å²) >= 11 is 3.30. The molecule has 0 aromatic carbocycles. The first-order valence-corrected chi connectivity index (χ1v) is 6.10. The molecule has 18 heavy (non-hydrogen) atoms. The predicted octanol–water partition coefficient (Wildman–Crippen LogP) is 0.772.